The Morgan fingerprint density at radius 2 is 1.45 bits per heavy atom. The van der Waals surface area contributed by atoms with E-state index in [1.165, 1.54) is 22.5 Å². The molecule has 0 aliphatic carbocycles. The van der Waals surface area contributed by atoms with Gasteiger partial charge < -0.3 is 9.80 Å². The van der Waals surface area contributed by atoms with E-state index < -0.39 is 0 Å². The lowest BCUT2D eigenvalue weighted by molar-refractivity contribution is 0.709. The summed E-state index contributed by atoms with van der Waals surface area (Å²) in [6.07, 6.45) is 5.20. The summed E-state index contributed by atoms with van der Waals surface area (Å²) in [7, 11) is 4.12. The van der Waals surface area contributed by atoms with Crippen LogP contribution >= 0.6 is 0 Å². The highest BCUT2D eigenvalue weighted by molar-refractivity contribution is 6.01. The smallest absolute Gasteiger partial charge is 0.0831 e. The van der Waals surface area contributed by atoms with Crippen molar-refractivity contribution in [2.45, 2.75) is 26.3 Å². The van der Waals surface area contributed by atoms with Crippen LogP contribution in [-0.2, 0) is 0 Å². The molecule has 4 rings (SSSR count). The maximum atomic E-state index is 5.01. The third-order valence-electron chi connectivity index (χ3n) is 6.24. The number of hydrogen-bond donors (Lipinski definition) is 0. The second-order valence-corrected chi connectivity index (χ2v) is 8.57. The Kier molecular flexibility index (Phi) is 7.13. The summed E-state index contributed by atoms with van der Waals surface area (Å²) in [5.41, 5.74) is 7.16. The minimum absolute atomic E-state index is 0.189. The van der Waals surface area contributed by atoms with Crippen LogP contribution in [0, 0.1) is 0 Å². The molecule has 3 aromatic carbocycles. The number of nitrogens with zero attached hydrogens (tertiary/aromatic N) is 4. The molecule has 0 amide bonds. The van der Waals surface area contributed by atoms with Crippen LogP contribution < -0.4 is 14.8 Å². The predicted molar refractivity (Wildman–Crippen MR) is 144 cm³/mol. The first-order valence-corrected chi connectivity index (χ1v) is 11.8. The van der Waals surface area contributed by atoms with E-state index in [1.807, 2.05) is 0 Å². The summed E-state index contributed by atoms with van der Waals surface area (Å²) in [5.74, 6) is 0. The van der Waals surface area contributed by atoms with Crippen LogP contribution in [0.2, 0.25) is 0 Å². The lowest BCUT2D eigenvalue weighted by Gasteiger charge is -2.25. The van der Waals surface area contributed by atoms with Crippen molar-refractivity contribution in [3.8, 4) is 0 Å². The van der Waals surface area contributed by atoms with Crippen molar-refractivity contribution in [1.82, 2.24) is 0 Å². The molecule has 1 unspecified atom stereocenters. The molecular weight excluding hydrogens is 404 g/mol. The normalized spacial score (nSPS) is 15.7. The Balaban J connectivity index is 1.58. The van der Waals surface area contributed by atoms with Crippen LogP contribution in [0.15, 0.2) is 90.0 Å². The van der Waals surface area contributed by atoms with Crippen molar-refractivity contribution in [2.24, 2.45) is 5.10 Å². The maximum Gasteiger partial charge on any atom is 0.0831 e. The topological polar surface area (TPSA) is 22.1 Å². The largest absolute Gasteiger partial charge is 0.378 e. The fraction of sp³-hybridized carbons (Fsp3) is 0.276. The minimum atomic E-state index is 0.189. The lowest BCUT2D eigenvalue weighted by atomic mass is 10.00. The molecule has 1 heterocycles. The zero-order chi connectivity index (χ0) is 23.2. The lowest BCUT2D eigenvalue weighted by Crippen LogP contribution is -2.22. The molecule has 33 heavy (non-hydrogen) atoms. The second-order valence-electron chi connectivity index (χ2n) is 8.57. The zero-order valence-electron chi connectivity index (χ0n) is 20.1. The molecule has 0 bridgehead atoms. The Morgan fingerprint density at radius 1 is 0.818 bits per heavy atom. The number of para-hydroxylation sites is 1. The Bertz CT molecular complexity index is 1080. The van der Waals surface area contributed by atoms with Gasteiger partial charge in [-0.05, 0) is 67.4 Å². The van der Waals surface area contributed by atoms with Gasteiger partial charge in [-0.1, -0.05) is 48.5 Å². The van der Waals surface area contributed by atoms with E-state index in [4.69, 9.17) is 5.10 Å². The van der Waals surface area contributed by atoms with Gasteiger partial charge in [0, 0.05) is 45.0 Å². The van der Waals surface area contributed by atoms with E-state index in [0.29, 0.717) is 0 Å². The molecule has 0 fully saturated rings. The van der Waals surface area contributed by atoms with E-state index in [1.54, 1.807) is 0 Å². The third kappa shape index (κ3) is 5.28. The van der Waals surface area contributed by atoms with E-state index in [-0.39, 0.29) is 6.04 Å². The fourth-order valence-electron chi connectivity index (χ4n) is 4.28. The third-order valence-corrected chi connectivity index (χ3v) is 6.24. The van der Waals surface area contributed by atoms with Gasteiger partial charge >= 0.3 is 0 Å². The van der Waals surface area contributed by atoms with Crippen LogP contribution in [0.4, 0.5) is 17.1 Å². The first-order valence-electron chi connectivity index (χ1n) is 11.8. The summed E-state index contributed by atoms with van der Waals surface area (Å²) in [6, 6.07) is 28.3. The molecule has 0 spiro atoms. The fourth-order valence-corrected chi connectivity index (χ4v) is 4.28. The van der Waals surface area contributed by atoms with Gasteiger partial charge in [-0.2, -0.15) is 5.10 Å². The average Bonchev–Trinajstić information content (AvgIpc) is 3.29. The molecule has 4 heteroatoms. The summed E-state index contributed by atoms with van der Waals surface area (Å²) in [4.78, 5) is 4.49. The van der Waals surface area contributed by atoms with E-state index in [9.17, 15) is 0 Å². The van der Waals surface area contributed by atoms with Crippen molar-refractivity contribution < 1.29 is 0 Å². The SMILES string of the molecule is CCN(CC)c1ccc(C2CC(/C=C/c3ccc(N(C)C)cc3)=NN2c2ccccc2)cc1. The molecule has 170 valence electrons. The Morgan fingerprint density at radius 3 is 2.06 bits per heavy atom. The summed E-state index contributed by atoms with van der Waals surface area (Å²) >= 11 is 0. The molecule has 0 saturated heterocycles. The molecule has 0 radical (unpaired) electrons. The summed E-state index contributed by atoms with van der Waals surface area (Å²) < 4.78 is 0. The molecule has 0 saturated carbocycles. The van der Waals surface area contributed by atoms with Gasteiger partial charge in [0.2, 0.25) is 0 Å². The molecule has 3 aromatic rings. The predicted octanol–water partition coefficient (Wildman–Crippen LogP) is 6.62. The minimum Gasteiger partial charge on any atom is -0.378 e. The van der Waals surface area contributed by atoms with Gasteiger partial charge in [0.15, 0.2) is 0 Å². The van der Waals surface area contributed by atoms with Crippen molar-refractivity contribution >= 4 is 28.8 Å². The van der Waals surface area contributed by atoms with Gasteiger partial charge in [-0.3, -0.25) is 5.01 Å². The van der Waals surface area contributed by atoms with Gasteiger partial charge in [-0.15, -0.1) is 0 Å². The van der Waals surface area contributed by atoms with Gasteiger partial charge in [-0.25, -0.2) is 0 Å². The number of allylic oxidation sites excluding steroid dienone is 1. The van der Waals surface area contributed by atoms with Gasteiger partial charge in [0.1, 0.15) is 0 Å². The van der Waals surface area contributed by atoms with Crippen LogP contribution in [0.3, 0.4) is 0 Å². The van der Waals surface area contributed by atoms with Crippen molar-refractivity contribution in [2.75, 3.05) is 42.0 Å². The first-order chi connectivity index (χ1) is 16.1. The standard InChI is InChI=1S/C29H34N4/c1-5-32(6-2)27-20-15-24(16-21-27)29-22-25(30-33(29)28-10-8-7-9-11-28)17-12-23-13-18-26(19-14-23)31(3)4/h7-21,29H,5-6,22H2,1-4H3/b17-12+. The molecule has 4 nitrogen and oxygen atoms in total. The highest BCUT2D eigenvalue weighted by Crippen LogP contribution is 2.36. The Labute approximate surface area is 198 Å². The highest BCUT2D eigenvalue weighted by atomic mass is 15.5. The van der Waals surface area contributed by atoms with Crippen molar-refractivity contribution in [1.29, 1.82) is 0 Å². The van der Waals surface area contributed by atoms with Crippen LogP contribution in [0.5, 0.6) is 0 Å². The summed E-state index contributed by atoms with van der Waals surface area (Å²) in [5, 5.41) is 7.18. The molecule has 0 aromatic heterocycles. The number of rotatable bonds is 8. The molecule has 1 atom stereocenters. The van der Waals surface area contributed by atoms with E-state index in [2.05, 4.69) is 134 Å². The maximum absolute atomic E-state index is 5.01. The molecule has 1 aliphatic heterocycles. The van der Waals surface area contributed by atoms with Crippen LogP contribution in [0.1, 0.15) is 37.4 Å². The first kappa shape index (κ1) is 22.7. The van der Waals surface area contributed by atoms with E-state index >= 15 is 0 Å². The van der Waals surface area contributed by atoms with Gasteiger partial charge in [0.05, 0.1) is 17.4 Å². The highest BCUT2D eigenvalue weighted by Gasteiger charge is 2.28. The van der Waals surface area contributed by atoms with Gasteiger partial charge in [0.25, 0.3) is 0 Å². The summed E-state index contributed by atoms with van der Waals surface area (Å²) in [6.45, 7) is 6.43. The quantitative estimate of drug-likeness (QED) is 0.395. The molecular formula is C29H34N4. The monoisotopic (exact) mass is 438 g/mol. The molecule has 0 N–H and O–H groups in total. The number of hydrogen-bond acceptors (Lipinski definition) is 4. The van der Waals surface area contributed by atoms with E-state index in [0.717, 1.165) is 30.9 Å². The second kappa shape index (κ2) is 10.4. The number of hydrazone groups is 1. The Hall–Kier alpha value is -3.53. The number of benzene rings is 3. The van der Waals surface area contributed by atoms with Crippen molar-refractivity contribution in [3.63, 3.8) is 0 Å². The average molecular weight is 439 g/mol. The van der Waals surface area contributed by atoms with Crippen LogP contribution in [0.25, 0.3) is 6.08 Å². The van der Waals surface area contributed by atoms with Crippen LogP contribution in [-0.4, -0.2) is 32.9 Å². The number of anilines is 3. The molecule has 1 aliphatic rings. The zero-order valence-corrected chi connectivity index (χ0v) is 20.1. The van der Waals surface area contributed by atoms with Crippen molar-refractivity contribution in [3.05, 3.63) is 96.1 Å².